The minimum absolute atomic E-state index is 0.0208. The van der Waals surface area contributed by atoms with E-state index in [2.05, 4.69) is 0 Å². The van der Waals surface area contributed by atoms with Crippen LogP contribution in [0.25, 0.3) is 0 Å². The molecule has 2 fully saturated rings. The van der Waals surface area contributed by atoms with Gasteiger partial charge in [-0.25, -0.2) is 9.18 Å². The van der Waals surface area contributed by atoms with Crippen LogP contribution < -0.4 is 0 Å². The number of hydrogen-bond acceptors (Lipinski definition) is 2. The van der Waals surface area contributed by atoms with Crippen molar-refractivity contribution in [1.82, 2.24) is 4.90 Å². The standard InChI is InChI=1S/C12H20FNO2/c1-10(2,3)16-9(15)14-6-8-11(4,5)12(8,13)7-14/h8H,6-7H2,1-5H3. The summed E-state index contributed by atoms with van der Waals surface area (Å²) in [5, 5.41) is 0. The Labute approximate surface area is 95.9 Å². The van der Waals surface area contributed by atoms with Crippen molar-refractivity contribution in [3.8, 4) is 0 Å². The van der Waals surface area contributed by atoms with Crippen LogP contribution in [0.2, 0.25) is 0 Å². The van der Waals surface area contributed by atoms with Crippen molar-refractivity contribution in [3.05, 3.63) is 0 Å². The van der Waals surface area contributed by atoms with Gasteiger partial charge in [0.1, 0.15) is 11.3 Å². The second-order valence-electron chi connectivity index (χ2n) is 6.50. The van der Waals surface area contributed by atoms with E-state index in [1.54, 1.807) is 0 Å². The first-order chi connectivity index (χ1) is 7.08. The van der Waals surface area contributed by atoms with Crippen LogP contribution in [0.5, 0.6) is 0 Å². The maximum absolute atomic E-state index is 14.3. The SMILES string of the molecule is CC(C)(C)OC(=O)N1CC2C(C)(C)C2(F)C1. The average Bonchev–Trinajstić information content (AvgIpc) is 2.43. The molecule has 4 heteroatoms. The Balaban J connectivity index is 1.96. The number of rotatable bonds is 0. The maximum Gasteiger partial charge on any atom is 0.410 e. The molecule has 2 atom stereocenters. The van der Waals surface area contributed by atoms with E-state index in [9.17, 15) is 9.18 Å². The van der Waals surface area contributed by atoms with Gasteiger partial charge in [0.25, 0.3) is 0 Å². The van der Waals surface area contributed by atoms with Crippen LogP contribution in [0.15, 0.2) is 0 Å². The summed E-state index contributed by atoms with van der Waals surface area (Å²) in [4.78, 5) is 13.2. The summed E-state index contributed by atoms with van der Waals surface area (Å²) in [6, 6.07) is 0. The van der Waals surface area contributed by atoms with Crippen LogP contribution >= 0.6 is 0 Å². The van der Waals surface area contributed by atoms with Gasteiger partial charge in [-0.1, -0.05) is 13.8 Å². The van der Waals surface area contributed by atoms with Crippen molar-refractivity contribution in [1.29, 1.82) is 0 Å². The number of likely N-dealkylation sites (tertiary alicyclic amines) is 1. The van der Waals surface area contributed by atoms with Crippen LogP contribution in [0.4, 0.5) is 9.18 Å². The summed E-state index contributed by atoms with van der Waals surface area (Å²) >= 11 is 0. The third kappa shape index (κ3) is 1.50. The summed E-state index contributed by atoms with van der Waals surface area (Å²) in [5.41, 5.74) is -1.97. The third-order valence-electron chi connectivity index (χ3n) is 3.89. The molecule has 0 aromatic rings. The molecule has 1 saturated heterocycles. The van der Waals surface area contributed by atoms with Gasteiger partial charge < -0.3 is 9.64 Å². The first-order valence-corrected chi connectivity index (χ1v) is 5.75. The Morgan fingerprint density at radius 1 is 1.44 bits per heavy atom. The van der Waals surface area contributed by atoms with Gasteiger partial charge in [-0.15, -0.1) is 0 Å². The fourth-order valence-electron chi connectivity index (χ4n) is 2.62. The number of piperidine rings is 1. The number of carbonyl (C=O) groups is 1. The molecule has 16 heavy (non-hydrogen) atoms. The zero-order valence-corrected chi connectivity index (χ0v) is 10.6. The third-order valence-corrected chi connectivity index (χ3v) is 3.89. The predicted molar refractivity (Wildman–Crippen MR) is 58.9 cm³/mol. The summed E-state index contributed by atoms with van der Waals surface area (Å²) in [5.74, 6) is -0.0208. The van der Waals surface area contributed by atoms with Gasteiger partial charge in [0.2, 0.25) is 0 Å². The largest absolute Gasteiger partial charge is 0.444 e. The van der Waals surface area contributed by atoms with Crippen LogP contribution in [-0.2, 0) is 4.74 Å². The van der Waals surface area contributed by atoms with E-state index in [0.29, 0.717) is 6.54 Å². The van der Waals surface area contributed by atoms with Gasteiger partial charge in [0.15, 0.2) is 0 Å². The smallest absolute Gasteiger partial charge is 0.410 e. The molecule has 1 aliphatic heterocycles. The van der Waals surface area contributed by atoms with E-state index in [1.165, 1.54) is 4.90 Å². The number of nitrogens with zero attached hydrogens (tertiary/aromatic N) is 1. The fourth-order valence-corrected chi connectivity index (χ4v) is 2.62. The first kappa shape index (κ1) is 11.7. The molecule has 3 nitrogen and oxygen atoms in total. The maximum atomic E-state index is 14.3. The second-order valence-corrected chi connectivity index (χ2v) is 6.50. The number of amides is 1. The van der Waals surface area contributed by atoms with Gasteiger partial charge in [-0.3, -0.25) is 0 Å². The number of hydrogen-bond donors (Lipinski definition) is 0. The molecule has 1 amide bonds. The molecule has 0 aromatic carbocycles. The van der Waals surface area contributed by atoms with Crippen molar-refractivity contribution in [2.75, 3.05) is 13.1 Å². The molecule has 1 aliphatic carbocycles. The van der Waals surface area contributed by atoms with Crippen molar-refractivity contribution in [2.45, 2.75) is 45.9 Å². The van der Waals surface area contributed by atoms with Gasteiger partial charge in [0.05, 0.1) is 6.54 Å². The molecule has 2 rings (SSSR count). The highest BCUT2D eigenvalue weighted by Gasteiger charge is 2.77. The molecule has 0 N–H and O–H groups in total. The topological polar surface area (TPSA) is 29.5 Å². The predicted octanol–water partition coefficient (Wildman–Crippen LogP) is 2.60. The quantitative estimate of drug-likeness (QED) is 0.639. The van der Waals surface area contributed by atoms with Crippen molar-refractivity contribution >= 4 is 6.09 Å². The Morgan fingerprint density at radius 3 is 2.38 bits per heavy atom. The average molecular weight is 229 g/mol. The van der Waals surface area contributed by atoms with E-state index >= 15 is 0 Å². The minimum atomic E-state index is -1.19. The van der Waals surface area contributed by atoms with Crippen LogP contribution in [-0.4, -0.2) is 35.4 Å². The van der Waals surface area contributed by atoms with Gasteiger partial charge in [-0.05, 0) is 20.8 Å². The van der Waals surface area contributed by atoms with E-state index in [4.69, 9.17) is 4.74 Å². The van der Waals surface area contributed by atoms with Crippen molar-refractivity contribution in [2.24, 2.45) is 11.3 Å². The van der Waals surface area contributed by atoms with E-state index in [-0.39, 0.29) is 17.9 Å². The Morgan fingerprint density at radius 2 is 2.00 bits per heavy atom. The molecule has 0 radical (unpaired) electrons. The molecule has 1 saturated carbocycles. The fraction of sp³-hybridized carbons (Fsp3) is 0.917. The second kappa shape index (κ2) is 2.90. The summed E-state index contributed by atoms with van der Waals surface area (Å²) in [7, 11) is 0. The Bertz CT molecular complexity index is 334. The van der Waals surface area contributed by atoms with E-state index < -0.39 is 17.4 Å². The molecule has 0 bridgehead atoms. The highest BCUT2D eigenvalue weighted by Crippen LogP contribution is 2.67. The molecule has 1 heterocycles. The highest BCUT2D eigenvalue weighted by molar-refractivity contribution is 5.69. The zero-order valence-electron chi connectivity index (χ0n) is 10.6. The van der Waals surface area contributed by atoms with Gasteiger partial charge in [-0.2, -0.15) is 0 Å². The highest BCUT2D eigenvalue weighted by atomic mass is 19.1. The Hall–Kier alpha value is -0.800. The van der Waals surface area contributed by atoms with Crippen molar-refractivity contribution in [3.63, 3.8) is 0 Å². The first-order valence-electron chi connectivity index (χ1n) is 5.75. The lowest BCUT2D eigenvalue weighted by Gasteiger charge is -2.27. The van der Waals surface area contributed by atoms with Crippen LogP contribution in [0.1, 0.15) is 34.6 Å². The molecule has 2 aliphatic rings. The number of halogens is 1. The number of alkyl halides is 1. The van der Waals surface area contributed by atoms with Gasteiger partial charge >= 0.3 is 6.09 Å². The number of fused-ring (bicyclic) bond motifs is 1. The molecule has 0 aromatic heterocycles. The lowest BCUT2D eigenvalue weighted by molar-refractivity contribution is 0.0220. The number of ether oxygens (including phenoxy) is 1. The lowest BCUT2D eigenvalue weighted by Crippen LogP contribution is -2.39. The molecule has 2 unspecified atom stereocenters. The zero-order chi connectivity index (χ0) is 12.4. The van der Waals surface area contributed by atoms with E-state index in [0.717, 1.165) is 0 Å². The van der Waals surface area contributed by atoms with E-state index in [1.807, 2.05) is 34.6 Å². The molecular formula is C12H20FNO2. The van der Waals surface area contributed by atoms with Crippen molar-refractivity contribution < 1.29 is 13.9 Å². The van der Waals surface area contributed by atoms with Crippen LogP contribution in [0, 0.1) is 11.3 Å². The summed E-state index contributed by atoms with van der Waals surface area (Å²) < 4.78 is 19.5. The monoisotopic (exact) mass is 229 g/mol. The molecule has 92 valence electrons. The van der Waals surface area contributed by atoms with Gasteiger partial charge in [0, 0.05) is 17.9 Å². The van der Waals surface area contributed by atoms with Crippen LogP contribution in [0.3, 0.4) is 0 Å². The summed E-state index contributed by atoms with van der Waals surface area (Å²) in [6.07, 6.45) is -0.396. The normalized spacial score (nSPS) is 35.9. The molecular weight excluding hydrogens is 209 g/mol. The minimum Gasteiger partial charge on any atom is -0.444 e. The summed E-state index contributed by atoms with van der Waals surface area (Å²) in [6.45, 7) is 9.96. The molecule has 0 spiro atoms. The lowest BCUT2D eigenvalue weighted by atomic mass is 10.1. The Kier molecular flexibility index (Phi) is 2.12. The number of carbonyl (C=O) groups excluding carboxylic acids is 1.